The molecule has 0 aromatic carbocycles. The molecular formula is C19H36N2O5. The maximum absolute atomic E-state index is 12.7. The Labute approximate surface area is 158 Å². The molecule has 3 unspecified atom stereocenters. The van der Waals surface area contributed by atoms with Crippen LogP contribution in [-0.2, 0) is 19.1 Å². The summed E-state index contributed by atoms with van der Waals surface area (Å²) in [5.41, 5.74) is -0.997. The first-order valence-electron chi connectivity index (χ1n) is 8.73. The van der Waals surface area contributed by atoms with Crippen molar-refractivity contribution in [3.8, 4) is 0 Å². The van der Waals surface area contributed by atoms with Gasteiger partial charge in [-0.2, -0.15) is 0 Å². The number of nitrogens with one attached hydrogen (secondary N) is 1. The number of nitrogens with zero attached hydrogens (tertiary/aromatic N) is 1. The lowest BCUT2D eigenvalue weighted by atomic mass is 9.73. The van der Waals surface area contributed by atoms with Gasteiger partial charge < -0.3 is 24.4 Å². The van der Waals surface area contributed by atoms with Crippen molar-refractivity contribution in [1.82, 2.24) is 5.32 Å². The van der Waals surface area contributed by atoms with Crippen molar-refractivity contribution >= 4 is 17.8 Å². The minimum atomic E-state index is -1.17. The summed E-state index contributed by atoms with van der Waals surface area (Å²) < 4.78 is 5.26. The number of rotatable bonds is 10. The van der Waals surface area contributed by atoms with Gasteiger partial charge in [-0.3, -0.25) is 9.59 Å². The van der Waals surface area contributed by atoms with E-state index in [1.165, 1.54) is 7.11 Å². The number of carboxylic acid groups (broad SMARTS) is 1. The summed E-state index contributed by atoms with van der Waals surface area (Å²) in [6.07, 6.45) is 0.704. The maximum Gasteiger partial charge on any atom is 0.308 e. The van der Waals surface area contributed by atoms with Crippen LogP contribution >= 0.6 is 0 Å². The van der Waals surface area contributed by atoms with E-state index in [4.69, 9.17) is 4.74 Å². The SMILES string of the molecule is C=C.CCC(CC(C)(CC(C)C(=O)OC)C(=O)NC[N+](C)(C)C)C(=O)[O-]. The van der Waals surface area contributed by atoms with Crippen LogP contribution in [0.25, 0.3) is 0 Å². The average Bonchev–Trinajstić information content (AvgIpc) is 2.57. The minimum Gasteiger partial charge on any atom is -0.550 e. The van der Waals surface area contributed by atoms with Crippen LogP contribution in [0.5, 0.6) is 0 Å². The van der Waals surface area contributed by atoms with Crippen molar-refractivity contribution in [3.05, 3.63) is 13.2 Å². The summed E-state index contributed by atoms with van der Waals surface area (Å²) in [7, 11) is 7.10. The number of carboxylic acids is 1. The summed E-state index contributed by atoms with van der Waals surface area (Å²) in [6.45, 7) is 11.5. The van der Waals surface area contributed by atoms with E-state index in [-0.39, 0.29) is 18.7 Å². The second kappa shape index (κ2) is 11.7. The van der Waals surface area contributed by atoms with Gasteiger partial charge in [0.15, 0.2) is 6.67 Å². The largest absolute Gasteiger partial charge is 0.550 e. The molecule has 0 saturated carbocycles. The highest BCUT2D eigenvalue weighted by atomic mass is 16.5. The Bertz CT molecular complexity index is 473. The van der Waals surface area contributed by atoms with Crippen LogP contribution in [0.2, 0.25) is 0 Å². The number of carbonyl (C=O) groups is 3. The standard InChI is InChI=1S/C17H32N2O5.C2H4/c1-8-13(14(20)21)10-17(3,9-12(2)15(22)24-7)16(23)18-11-19(4,5)6;1-2/h12-13H,8-11H2,1-7H3,(H-,18,20,21,23);1-2H2. The monoisotopic (exact) mass is 372 g/mol. The molecule has 0 aromatic rings. The molecule has 0 aliphatic rings. The average molecular weight is 373 g/mol. The van der Waals surface area contributed by atoms with Gasteiger partial charge in [-0.15, -0.1) is 13.2 Å². The van der Waals surface area contributed by atoms with Crippen LogP contribution in [0.1, 0.15) is 40.0 Å². The molecule has 0 aromatic heterocycles. The third-order valence-corrected chi connectivity index (χ3v) is 4.15. The fraction of sp³-hybridized carbons (Fsp3) is 0.737. The van der Waals surface area contributed by atoms with Crippen LogP contribution in [-0.4, -0.2) is 57.3 Å². The summed E-state index contributed by atoms with van der Waals surface area (Å²) in [5.74, 6) is -3.09. The Kier molecular flexibility index (Phi) is 11.8. The highest BCUT2D eigenvalue weighted by Crippen LogP contribution is 2.35. The number of ether oxygens (including phenoxy) is 1. The fourth-order valence-electron chi connectivity index (χ4n) is 2.69. The molecule has 152 valence electrons. The maximum atomic E-state index is 12.7. The zero-order valence-corrected chi connectivity index (χ0v) is 17.4. The minimum absolute atomic E-state index is 0.121. The van der Waals surface area contributed by atoms with Crippen molar-refractivity contribution in [2.24, 2.45) is 17.3 Å². The van der Waals surface area contributed by atoms with Gasteiger partial charge in [-0.1, -0.05) is 20.8 Å². The summed E-state index contributed by atoms with van der Waals surface area (Å²) in [4.78, 5) is 35.8. The molecule has 0 fully saturated rings. The van der Waals surface area contributed by atoms with Crippen molar-refractivity contribution in [3.63, 3.8) is 0 Å². The molecule has 7 heteroatoms. The predicted molar refractivity (Wildman–Crippen MR) is 99.6 cm³/mol. The van der Waals surface area contributed by atoms with Gasteiger partial charge in [0.25, 0.3) is 0 Å². The van der Waals surface area contributed by atoms with Gasteiger partial charge in [0.1, 0.15) is 0 Å². The molecule has 7 nitrogen and oxygen atoms in total. The number of methoxy groups -OCH3 is 1. The van der Waals surface area contributed by atoms with Gasteiger partial charge in [-0.25, -0.2) is 0 Å². The molecule has 0 spiro atoms. The zero-order valence-electron chi connectivity index (χ0n) is 17.4. The molecule has 0 aliphatic carbocycles. The molecule has 26 heavy (non-hydrogen) atoms. The Morgan fingerprint density at radius 3 is 2.04 bits per heavy atom. The second-order valence-corrected chi connectivity index (χ2v) is 7.77. The van der Waals surface area contributed by atoms with Crippen molar-refractivity contribution in [2.45, 2.75) is 40.0 Å². The molecule has 0 rings (SSSR count). The normalized spacial score (nSPS) is 15.5. The number of carbonyl (C=O) groups excluding carboxylic acids is 3. The lowest BCUT2D eigenvalue weighted by molar-refractivity contribution is -0.872. The van der Waals surface area contributed by atoms with E-state index in [1.54, 1.807) is 20.8 Å². The van der Waals surface area contributed by atoms with E-state index in [2.05, 4.69) is 18.5 Å². The molecule has 0 saturated heterocycles. The Morgan fingerprint density at radius 1 is 1.19 bits per heavy atom. The zero-order chi connectivity index (χ0) is 21.1. The van der Waals surface area contributed by atoms with Crippen LogP contribution in [0.3, 0.4) is 0 Å². The smallest absolute Gasteiger partial charge is 0.308 e. The van der Waals surface area contributed by atoms with Gasteiger partial charge >= 0.3 is 5.97 Å². The van der Waals surface area contributed by atoms with Crippen molar-refractivity contribution in [2.75, 3.05) is 34.9 Å². The molecule has 1 amide bonds. The lowest BCUT2D eigenvalue weighted by Gasteiger charge is -2.35. The van der Waals surface area contributed by atoms with E-state index < -0.39 is 29.2 Å². The first-order chi connectivity index (χ1) is 11.9. The van der Waals surface area contributed by atoms with Crippen LogP contribution in [0.4, 0.5) is 0 Å². The molecular weight excluding hydrogens is 336 g/mol. The third kappa shape index (κ3) is 9.56. The lowest BCUT2D eigenvalue weighted by Crippen LogP contribution is -2.50. The fourth-order valence-corrected chi connectivity index (χ4v) is 2.69. The Hall–Kier alpha value is -1.89. The number of quaternary nitrogens is 1. The predicted octanol–water partition coefficient (Wildman–Crippen LogP) is 0.940. The molecule has 0 bridgehead atoms. The van der Waals surface area contributed by atoms with Crippen molar-refractivity contribution in [1.29, 1.82) is 0 Å². The number of amides is 1. The van der Waals surface area contributed by atoms with Gasteiger partial charge in [-0.05, 0) is 25.2 Å². The van der Waals surface area contributed by atoms with E-state index >= 15 is 0 Å². The first-order valence-corrected chi connectivity index (χ1v) is 8.73. The number of hydrogen-bond acceptors (Lipinski definition) is 5. The second-order valence-electron chi connectivity index (χ2n) is 7.77. The first kappa shape index (κ1) is 26.3. The third-order valence-electron chi connectivity index (χ3n) is 4.15. The summed E-state index contributed by atoms with van der Waals surface area (Å²) in [5, 5.41) is 14.1. The Balaban J connectivity index is 0. The van der Waals surface area contributed by atoms with E-state index in [9.17, 15) is 19.5 Å². The van der Waals surface area contributed by atoms with Crippen LogP contribution < -0.4 is 10.4 Å². The highest BCUT2D eigenvalue weighted by molar-refractivity contribution is 5.84. The number of aliphatic carboxylic acids is 1. The molecule has 0 heterocycles. The molecule has 0 radical (unpaired) electrons. The van der Waals surface area contributed by atoms with Crippen LogP contribution in [0.15, 0.2) is 13.2 Å². The summed E-state index contributed by atoms with van der Waals surface area (Å²) in [6, 6.07) is 0. The van der Waals surface area contributed by atoms with Crippen molar-refractivity contribution < 1.29 is 28.7 Å². The Morgan fingerprint density at radius 2 is 1.69 bits per heavy atom. The molecule has 0 aliphatic heterocycles. The topological polar surface area (TPSA) is 95.5 Å². The number of hydrogen-bond donors (Lipinski definition) is 1. The number of esters is 1. The van der Waals surface area contributed by atoms with E-state index in [0.717, 1.165) is 0 Å². The molecule has 3 atom stereocenters. The highest BCUT2D eigenvalue weighted by Gasteiger charge is 2.39. The summed E-state index contributed by atoms with van der Waals surface area (Å²) >= 11 is 0. The quantitative estimate of drug-likeness (QED) is 0.266. The molecule has 1 N–H and O–H groups in total. The van der Waals surface area contributed by atoms with Crippen LogP contribution in [0, 0.1) is 17.3 Å². The van der Waals surface area contributed by atoms with Gasteiger partial charge in [0, 0.05) is 11.4 Å². The van der Waals surface area contributed by atoms with E-state index in [1.807, 2.05) is 21.1 Å². The van der Waals surface area contributed by atoms with Gasteiger partial charge in [0.05, 0.1) is 34.2 Å². The van der Waals surface area contributed by atoms with E-state index in [0.29, 0.717) is 17.6 Å². The van der Waals surface area contributed by atoms with Gasteiger partial charge in [0.2, 0.25) is 5.91 Å².